The zero-order chi connectivity index (χ0) is 50.5. The molecule has 1 amide bonds. The average Bonchev–Trinajstić information content (AvgIpc) is 3.31. The maximum atomic E-state index is 13.2. The summed E-state index contributed by atoms with van der Waals surface area (Å²) in [5, 5.41) is 180. The summed E-state index contributed by atoms with van der Waals surface area (Å²) >= 11 is 0. The third-order valence-electron chi connectivity index (χ3n) is 11.6. The number of aliphatic hydroxyl groups excluding tert-OH is 17. The Bertz CT molecular complexity index is 1600. The van der Waals surface area contributed by atoms with Gasteiger partial charge in [-0.2, -0.15) is 0 Å². The van der Waals surface area contributed by atoms with Crippen LogP contribution in [0.2, 0.25) is 0 Å². The Balaban J connectivity index is 1.47. The van der Waals surface area contributed by atoms with E-state index in [1.54, 1.807) is 0 Å². The van der Waals surface area contributed by atoms with Crippen LogP contribution in [0.5, 0.6) is 0 Å². The molecule has 19 N–H and O–H groups in total. The molecule has 32 nitrogen and oxygen atoms in total. The van der Waals surface area contributed by atoms with Crippen molar-refractivity contribution >= 4 is 13.7 Å². The highest BCUT2D eigenvalue weighted by Gasteiger charge is 2.58. The second-order valence-corrected chi connectivity index (χ2v) is 17.7. The van der Waals surface area contributed by atoms with E-state index in [1.165, 1.54) is 0 Å². The number of hydrogen-bond acceptors (Lipinski definition) is 30. The van der Waals surface area contributed by atoms with Crippen molar-refractivity contribution in [3.63, 3.8) is 0 Å². The molecule has 1 unspecified atom stereocenters. The first kappa shape index (κ1) is 57.4. The lowest BCUT2D eigenvalue weighted by atomic mass is 9.94. The van der Waals surface area contributed by atoms with Crippen molar-refractivity contribution in [3.8, 4) is 0 Å². The van der Waals surface area contributed by atoms with Crippen LogP contribution in [0.1, 0.15) is 6.92 Å². The molecule has 5 heterocycles. The summed E-state index contributed by atoms with van der Waals surface area (Å²) in [5.41, 5.74) is 0. The van der Waals surface area contributed by atoms with Crippen LogP contribution in [-0.4, -0.2) is 303 Å². The number of nitrogens with one attached hydrogen (secondary N) is 1. The molecule has 0 bridgehead atoms. The van der Waals surface area contributed by atoms with Crippen molar-refractivity contribution in [2.75, 3.05) is 46.2 Å². The van der Waals surface area contributed by atoms with E-state index in [4.69, 9.17) is 51.7 Å². The van der Waals surface area contributed by atoms with E-state index in [2.05, 4.69) is 5.32 Å². The van der Waals surface area contributed by atoms with E-state index < -0.39 is 220 Å². The predicted molar refractivity (Wildman–Crippen MR) is 206 cm³/mol. The predicted octanol–water partition coefficient (Wildman–Crippen LogP) is -12.3. The first-order chi connectivity index (χ1) is 32.1. The van der Waals surface area contributed by atoms with Gasteiger partial charge in [0.05, 0.1) is 46.2 Å². The minimum Gasteiger partial charge on any atom is -0.394 e. The SMILES string of the molecule is CC(=O)N[C@H]1[C@H](O[C@H]2[C@@H](O)[C@@H](CO)O[C@@H](O[C@H]3[C@H](O)[C@@H](O)[C@H](O)O[C@@H]3CO)[C@@H]2O)O[C@H](CO)[C@@H](O[C@@H]2O[C@H](CO)[C@H](O)[C@H](OP(=O)(O)OC(CO)CO)[C@H]2O[C@H]2O[C@H](CO)[C@H](O)[C@H](O)[C@H]2O)[C@@H]1O. The van der Waals surface area contributed by atoms with Gasteiger partial charge in [-0.1, -0.05) is 0 Å². The second kappa shape index (κ2) is 25.0. The van der Waals surface area contributed by atoms with Crippen molar-refractivity contribution in [1.29, 1.82) is 0 Å². The van der Waals surface area contributed by atoms with Gasteiger partial charge in [-0.15, -0.1) is 0 Å². The molecule has 5 rings (SSSR count). The largest absolute Gasteiger partial charge is 0.473 e. The Hall–Kier alpha value is -1.46. The minimum absolute atomic E-state index is 0.908. The topological polar surface area (TPSA) is 512 Å². The average molecular weight is 1020 g/mol. The van der Waals surface area contributed by atoms with Crippen LogP contribution in [0.3, 0.4) is 0 Å². The van der Waals surface area contributed by atoms with Crippen molar-refractivity contribution in [3.05, 3.63) is 0 Å². The molecular formula is C35H62NO31P. The number of aliphatic hydroxyl groups is 17. The molecule has 0 aliphatic carbocycles. The number of rotatable bonds is 20. The third kappa shape index (κ3) is 12.8. The highest BCUT2D eigenvalue weighted by Crippen LogP contribution is 2.49. The fraction of sp³-hybridized carbons (Fsp3) is 0.971. The summed E-state index contributed by atoms with van der Waals surface area (Å²) < 4.78 is 74.1. The normalized spacial score (nSPS) is 46.9. The number of amides is 1. The van der Waals surface area contributed by atoms with Gasteiger partial charge in [0.2, 0.25) is 5.91 Å². The molecule has 68 heavy (non-hydrogen) atoms. The molecule has 0 radical (unpaired) electrons. The summed E-state index contributed by atoms with van der Waals surface area (Å²) in [6.45, 7) is -6.30. The fourth-order valence-electron chi connectivity index (χ4n) is 8.01. The molecule has 0 spiro atoms. The zero-order valence-corrected chi connectivity index (χ0v) is 36.7. The van der Waals surface area contributed by atoms with Gasteiger partial charge in [-0.25, -0.2) is 4.57 Å². The van der Waals surface area contributed by atoms with Gasteiger partial charge in [0.1, 0.15) is 128 Å². The van der Waals surface area contributed by atoms with Crippen LogP contribution < -0.4 is 5.32 Å². The van der Waals surface area contributed by atoms with Crippen LogP contribution in [0, 0.1) is 0 Å². The van der Waals surface area contributed by atoms with E-state index >= 15 is 0 Å². The molecule has 5 aliphatic rings. The van der Waals surface area contributed by atoms with Gasteiger partial charge in [0.25, 0.3) is 0 Å². The zero-order valence-electron chi connectivity index (χ0n) is 35.8. The monoisotopic (exact) mass is 1020 g/mol. The van der Waals surface area contributed by atoms with E-state index in [0.29, 0.717) is 0 Å². The highest BCUT2D eigenvalue weighted by molar-refractivity contribution is 7.47. The molecule has 0 saturated carbocycles. The first-order valence-corrected chi connectivity index (χ1v) is 22.5. The summed E-state index contributed by atoms with van der Waals surface area (Å²) in [5.74, 6) is -0.908. The number of hydrogen-bond donors (Lipinski definition) is 19. The van der Waals surface area contributed by atoms with Crippen LogP contribution in [-0.2, 0) is 61.0 Å². The summed E-state index contributed by atoms with van der Waals surface area (Å²) in [4.78, 5) is 23.3. The number of phosphoric ester groups is 1. The molecule has 26 atom stereocenters. The Morgan fingerprint density at radius 3 is 1.47 bits per heavy atom. The standard InChI is InChI=1S/C35H62NO31P/c1-9(44)36-16-20(48)26(15(8-43)61-32(16)64-28-18(46)12(5-40)59-34(25(28)53)62-27-14(7-42)57-31(54)23(51)22(27)50)63-35-30(65-33-24(52)21(49)17(45)11(4-39)58-33)29(19(47)13(6-41)60-35)67-68(55,56)66-10(2-37)3-38/h10-35,37-43,45-54H,2-8H2,1H3,(H,36,44)(H,55,56)/t11-,12-,13-,14-,15-,16-,17+,18+,19+,20-,21+,22-,23-,24-,25-,26-,27-,28+,29+,30-,31-,32+,33-,34+,35+/m1/s1. The highest BCUT2D eigenvalue weighted by atomic mass is 31.2. The Labute approximate surface area is 384 Å². The maximum Gasteiger partial charge on any atom is 0.473 e. The Kier molecular flexibility index (Phi) is 21.1. The molecule has 0 aromatic carbocycles. The van der Waals surface area contributed by atoms with E-state index in [1.807, 2.05) is 0 Å². The van der Waals surface area contributed by atoms with Gasteiger partial charge in [-0.05, 0) is 0 Å². The van der Waals surface area contributed by atoms with E-state index in [0.717, 1.165) is 6.92 Å². The fourth-order valence-corrected chi connectivity index (χ4v) is 9.12. The second-order valence-electron chi connectivity index (χ2n) is 16.3. The van der Waals surface area contributed by atoms with Crippen LogP contribution in [0.4, 0.5) is 0 Å². The summed E-state index contributed by atoms with van der Waals surface area (Å²) in [6.07, 6.45) is -50.0. The lowest BCUT2D eigenvalue weighted by Gasteiger charge is -2.51. The van der Waals surface area contributed by atoms with Crippen molar-refractivity contribution < 1.29 is 153 Å². The van der Waals surface area contributed by atoms with Gasteiger partial charge in [-0.3, -0.25) is 13.8 Å². The lowest BCUT2D eigenvalue weighted by molar-refractivity contribution is -0.391. The Morgan fingerprint density at radius 2 is 0.926 bits per heavy atom. The van der Waals surface area contributed by atoms with Gasteiger partial charge >= 0.3 is 7.82 Å². The summed E-state index contributed by atoms with van der Waals surface area (Å²) in [7, 11) is -5.56. The van der Waals surface area contributed by atoms with E-state index in [9.17, 15) is 101 Å². The van der Waals surface area contributed by atoms with Crippen LogP contribution in [0.25, 0.3) is 0 Å². The van der Waals surface area contributed by atoms with Gasteiger partial charge < -0.3 is 140 Å². The number of phosphoric acid groups is 1. The minimum atomic E-state index is -5.56. The lowest BCUT2D eigenvalue weighted by Crippen LogP contribution is -2.70. The summed E-state index contributed by atoms with van der Waals surface area (Å²) in [6, 6.07) is -1.88. The van der Waals surface area contributed by atoms with Gasteiger partial charge in [0, 0.05) is 6.92 Å². The molecule has 5 saturated heterocycles. The van der Waals surface area contributed by atoms with Crippen molar-refractivity contribution in [1.82, 2.24) is 5.32 Å². The smallest absolute Gasteiger partial charge is 0.394 e. The molecule has 33 heteroatoms. The van der Waals surface area contributed by atoms with E-state index in [-0.39, 0.29) is 0 Å². The first-order valence-electron chi connectivity index (χ1n) is 21.0. The maximum absolute atomic E-state index is 13.2. The third-order valence-corrected chi connectivity index (χ3v) is 12.7. The number of carbonyl (C=O) groups excluding carboxylic acids is 1. The number of carbonyl (C=O) groups is 1. The Morgan fingerprint density at radius 1 is 0.485 bits per heavy atom. The van der Waals surface area contributed by atoms with Crippen molar-refractivity contribution in [2.24, 2.45) is 0 Å². The molecule has 0 aromatic heterocycles. The van der Waals surface area contributed by atoms with Crippen LogP contribution >= 0.6 is 7.82 Å². The molecule has 0 aromatic rings. The van der Waals surface area contributed by atoms with Gasteiger partial charge in [0.15, 0.2) is 31.5 Å². The molecule has 5 aliphatic heterocycles. The molecule has 398 valence electrons. The number of ether oxygens (including phenoxy) is 9. The quantitative estimate of drug-likeness (QED) is 0.0504. The molecule has 5 fully saturated rings. The molecular weight excluding hydrogens is 961 g/mol. The van der Waals surface area contributed by atoms with Crippen molar-refractivity contribution in [2.45, 2.75) is 166 Å². The van der Waals surface area contributed by atoms with Crippen LogP contribution in [0.15, 0.2) is 0 Å².